The lowest BCUT2D eigenvalue weighted by Crippen LogP contribution is -1.80. The summed E-state index contributed by atoms with van der Waals surface area (Å²) in [6.07, 6.45) is 5.37. The standard InChI is InChI=1S/C11H6Cl2N2/c12-10-3-1-2-9(11(10)13)8-4-5-15(6-8)7-14/h1-6H. The van der Waals surface area contributed by atoms with Gasteiger partial charge in [-0.1, -0.05) is 35.3 Å². The summed E-state index contributed by atoms with van der Waals surface area (Å²) in [6.45, 7) is 0. The van der Waals surface area contributed by atoms with Gasteiger partial charge in [0, 0.05) is 23.5 Å². The summed E-state index contributed by atoms with van der Waals surface area (Å²) >= 11 is 12.0. The van der Waals surface area contributed by atoms with E-state index in [1.807, 2.05) is 24.4 Å². The minimum absolute atomic E-state index is 0.509. The van der Waals surface area contributed by atoms with Gasteiger partial charge in [-0.3, -0.25) is 4.57 Å². The smallest absolute Gasteiger partial charge is 0.188 e. The predicted molar refractivity (Wildman–Crippen MR) is 60.9 cm³/mol. The van der Waals surface area contributed by atoms with Gasteiger partial charge in [0.1, 0.15) is 0 Å². The fourth-order valence-corrected chi connectivity index (χ4v) is 1.75. The zero-order valence-corrected chi connectivity index (χ0v) is 9.13. The van der Waals surface area contributed by atoms with Crippen molar-refractivity contribution in [3.63, 3.8) is 0 Å². The Labute approximate surface area is 97.3 Å². The molecule has 0 radical (unpaired) electrons. The molecule has 0 saturated carbocycles. The molecule has 0 atom stereocenters. The molecule has 1 aromatic carbocycles. The van der Waals surface area contributed by atoms with Gasteiger partial charge in [0.05, 0.1) is 10.0 Å². The molecule has 0 N–H and O–H groups in total. The van der Waals surface area contributed by atoms with Crippen LogP contribution in [-0.2, 0) is 0 Å². The van der Waals surface area contributed by atoms with Gasteiger partial charge in [-0.25, -0.2) is 0 Å². The van der Waals surface area contributed by atoms with E-state index >= 15 is 0 Å². The van der Waals surface area contributed by atoms with E-state index in [9.17, 15) is 0 Å². The van der Waals surface area contributed by atoms with Crippen LogP contribution in [0.25, 0.3) is 11.1 Å². The summed E-state index contributed by atoms with van der Waals surface area (Å²) in [6, 6.07) is 7.24. The Morgan fingerprint density at radius 1 is 1.20 bits per heavy atom. The van der Waals surface area contributed by atoms with Crippen molar-refractivity contribution in [3.05, 3.63) is 46.7 Å². The number of benzene rings is 1. The van der Waals surface area contributed by atoms with Crippen LogP contribution in [0.15, 0.2) is 36.7 Å². The first kappa shape index (κ1) is 10.1. The molecule has 1 heterocycles. The van der Waals surface area contributed by atoms with E-state index in [4.69, 9.17) is 28.5 Å². The van der Waals surface area contributed by atoms with Crippen molar-refractivity contribution in [1.29, 1.82) is 5.26 Å². The summed E-state index contributed by atoms with van der Waals surface area (Å²) < 4.78 is 1.41. The van der Waals surface area contributed by atoms with Crippen LogP contribution in [-0.4, -0.2) is 4.57 Å². The van der Waals surface area contributed by atoms with Crippen molar-refractivity contribution in [1.82, 2.24) is 4.57 Å². The van der Waals surface area contributed by atoms with Crippen molar-refractivity contribution < 1.29 is 0 Å². The Hall–Kier alpha value is -1.43. The maximum atomic E-state index is 8.68. The Kier molecular flexibility index (Phi) is 2.68. The summed E-state index contributed by atoms with van der Waals surface area (Å²) in [5, 5.41) is 9.70. The molecule has 15 heavy (non-hydrogen) atoms. The van der Waals surface area contributed by atoms with E-state index in [-0.39, 0.29) is 0 Å². The third kappa shape index (κ3) is 1.85. The summed E-state index contributed by atoms with van der Waals surface area (Å²) in [5.74, 6) is 0. The van der Waals surface area contributed by atoms with Gasteiger partial charge >= 0.3 is 0 Å². The minimum atomic E-state index is 0.509. The van der Waals surface area contributed by atoms with Crippen LogP contribution in [0.1, 0.15) is 0 Å². The first-order valence-corrected chi connectivity index (χ1v) is 5.00. The van der Waals surface area contributed by atoms with Gasteiger partial charge in [0.15, 0.2) is 6.19 Å². The van der Waals surface area contributed by atoms with Crippen molar-refractivity contribution in [3.8, 4) is 17.3 Å². The monoisotopic (exact) mass is 236 g/mol. The molecule has 2 aromatic rings. The van der Waals surface area contributed by atoms with Crippen LogP contribution in [0.5, 0.6) is 0 Å². The highest BCUT2D eigenvalue weighted by Crippen LogP contribution is 2.33. The van der Waals surface area contributed by atoms with Crippen LogP contribution in [0, 0.1) is 11.5 Å². The molecule has 0 aliphatic rings. The lowest BCUT2D eigenvalue weighted by atomic mass is 10.1. The molecule has 0 aliphatic carbocycles. The molecule has 2 rings (SSSR count). The zero-order valence-electron chi connectivity index (χ0n) is 7.61. The number of hydrogen-bond donors (Lipinski definition) is 0. The second kappa shape index (κ2) is 3.98. The summed E-state index contributed by atoms with van der Waals surface area (Å²) in [7, 11) is 0. The Balaban J connectivity index is 2.55. The van der Waals surface area contributed by atoms with Gasteiger partial charge in [-0.15, -0.1) is 0 Å². The molecule has 2 nitrogen and oxygen atoms in total. The highest BCUT2D eigenvalue weighted by molar-refractivity contribution is 6.43. The average Bonchev–Trinajstić information content (AvgIpc) is 2.70. The zero-order chi connectivity index (χ0) is 10.8. The quantitative estimate of drug-likeness (QED) is 0.741. The number of nitrogens with zero attached hydrogens (tertiary/aromatic N) is 2. The van der Waals surface area contributed by atoms with Crippen LogP contribution in [0.4, 0.5) is 0 Å². The van der Waals surface area contributed by atoms with E-state index in [0.717, 1.165) is 11.1 Å². The molecule has 0 amide bonds. The van der Waals surface area contributed by atoms with Gasteiger partial charge in [-0.05, 0) is 12.1 Å². The topological polar surface area (TPSA) is 28.7 Å². The number of rotatable bonds is 1. The highest BCUT2D eigenvalue weighted by Gasteiger charge is 2.07. The first-order valence-electron chi connectivity index (χ1n) is 4.25. The normalized spacial score (nSPS) is 9.93. The second-order valence-corrected chi connectivity index (χ2v) is 3.79. The van der Waals surface area contributed by atoms with Crippen LogP contribution >= 0.6 is 23.2 Å². The second-order valence-electron chi connectivity index (χ2n) is 3.01. The van der Waals surface area contributed by atoms with Crippen LogP contribution < -0.4 is 0 Å². The van der Waals surface area contributed by atoms with E-state index in [2.05, 4.69) is 0 Å². The van der Waals surface area contributed by atoms with Crippen molar-refractivity contribution >= 4 is 23.2 Å². The maximum Gasteiger partial charge on any atom is 0.188 e. The summed E-state index contributed by atoms with van der Waals surface area (Å²) in [4.78, 5) is 0. The molecule has 74 valence electrons. The van der Waals surface area contributed by atoms with E-state index in [1.54, 1.807) is 18.5 Å². The Morgan fingerprint density at radius 2 is 2.00 bits per heavy atom. The first-order chi connectivity index (χ1) is 7.22. The van der Waals surface area contributed by atoms with Crippen molar-refractivity contribution in [2.45, 2.75) is 0 Å². The molecule has 4 heteroatoms. The van der Waals surface area contributed by atoms with Crippen LogP contribution in [0.3, 0.4) is 0 Å². The Bertz CT molecular complexity index is 538. The largest absolute Gasteiger partial charge is 0.262 e. The van der Waals surface area contributed by atoms with Gasteiger partial charge in [0.2, 0.25) is 0 Å². The molecular weight excluding hydrogens is 231 g/mol. The van der Waals surface area contributed by atoms with Crippen molar-refractivity contribution in [2.75, 3.05) is 0 Å². The predicted octanol–water partition coefficient (Wildman–Crippen LogP) is 3.79. The van der Waals surface area contributed by atoms with Gasteiger partial charge in [0.25, 0.3) is 0 Å². The highest BCUT2D eigenvalue weighted by atomic mass is 35.5. The number of aromatic nitrogens is 1. The van der Waals surface area contributed by atoms with E-state index in [1.165, 1.54) is 4.57 Å². The third-order valence-corrected chi connectivity index (χ3v) is 2.89. The minimum Gasteiger partial charge on any atom is -0.262 e. The van der Waals surface area contributed by atoms with E-state index in [0.29, 0.717) is 10.0 Å². The molecule has 0 saturated heterocycles. The lowest BCUT2D eigenvalue weighted by molar-refractivity contribution is 1.10. The third-order valence-electron chi connectivity index (χ3n) is 2.07. The molecule has 0 aliphatic heterocycles. The molecule has 0 unspecified atom stereocenters. The number of hydrogen-bond acceptors (Lipinski definition) is 1. The number of halogens is 2. The fourth-order valence-electron chi connectivity index (χ4n) is 1.34. The van der Waals surface area contributed by atoms with E-state index < -0.39 is 0 Å². The molecule has 0 fully saturated rings. The SMILES string of the molecule is N#Cn1ccc(-c2cccc(Cl)c2Cl)c1. The molecule has 0 spiro atoms. The lowest BCUT2D eigenvalue weighted by Gasteiger charge is -2.02. The van der Waals surface area contributed by atoms with Crippen LogP contribution in [0.2, 0.25) is 10.0 Å². The molecule has 1 aromatic heterocycles. The average molecular weight is 237 g/mol. The number of nitriles is 1. The fraction of sp³-hybridized carbons (Fsp3) is 0. The van der Waals surface area contributed by atoms with Crippen molar-refractivity contribution in [2.24, 2.45) is 0 Å². The Morgan fingerprint density at radius 3 is 2.67 bits per heavy atom. The maximum absolute atomic E-state index is 8.68. The molecule has 0 bridgehead atoms. The summed E-state index contributed by atoms with van der Waals surface area (Å²) in [5.41, 5.74) is 1.71. The van der Waals surface area contributed by atoms with Gasteiger partial charge < -0.3 is 0 Å². The molecular formula is C11H6Cl2N2. The van der Waals surface area contributed by atoms with Gasteiger partial charge in [-0.2, -0.15) is 5.26 Å².